The molecule has 2 atom stereocenters. The summed E-state index contributed by atoms with van der Waals surface area (Å²) in [5, 5.41) is 19.3. The molecule has 3 N–H and O–H groups in total. The molecule has 0 aliphatic carbocycles. The Morgan fingerprint density at radius 1 is 1.07 bits per heavy atom. The summed E-state index contributed by atoms with van der Waals surface area (Å²) in [6.07, 6.45) is 3.35. The first kappa shape index (κ1) is 32.0. The van der Waals surface area contributed by atoms with Crippen LogP contribution in [0.1, 0.15) is 59.7 Å². The molecule has 0 unspecified atom stereocenters. The molecule has 6 nitrogen and oxygen atoms in total. The Labute approximate surface area is 259 Å². The molecule has 0 aromatic heterocycles. The summed E-state index contributed by atoms with van der Waals surface area (Å²) in [6.45, 7) is 4.30. The van der Waals surface area contributed by atoms with Gasteiger partial charge in [0.1, 0.15) is 5.88 Å². The third-order valence-electron chi connectivity index (χ3n) is 8.25. The topological polar surface area (TPSA) is 81.7 Å². The van der Waals surface area contributed by atoms with Crippen LogP contribution in [-0.2, 0) is 23.4 Å². The van der Waals surface area contributed by atoms with Crippen molar-refractivity contribution in [2.75, 3.05) is 32.6 Å². The highest BCUT2D eigenvalue weighted by Gasteiger charge is 2.43. The molecule has 0 spiro atoms. The SMILES string of the molecule is CCc1cccc(-c2c(Cl)cccc2[C@](O)(CCCNC(=O)CCl)[C@@H]2CCCN(C(=O)c3ccc(CNC)cc3)C2)c1. The van der Waals surface area contributed by atoms with Gasteiger partial charge in [-0.05, 0) is 79.6 Å². The van der Waals surface area contributed by atoms with Gasteiger partial charge in [0.25, 0.3) is 5.91 Å². The number of hydrogen-bond acceptors (Lipinski definition) is 4. The van der Waals surface area contributed by atoms with E-state index in [0.29, 0.717) is 43.1 Å². The van der Waals surface area contributed by atoms with Crippen LogP contribution in [0.2, 0.25) is 5.02 Å². The predicted octanol–water partition coefficient (Wildman–Crippen LogP) is 6.16. The number of carbonyl (C=O) groups is 2. The monoisotopic (exact) mass is 609 g/mol. The summed E-state index contributed by atoms with van der Waals surface area (Å²) in [7, 11) is 1.89. The van der Waals surface area contributed by atoms with Crippen LogP contribution in [0.5, 0.6) is 0 Å². The highest BCUT2D eigenvalue weighted by molar-refractivity contribution is 6.33. The van der Waals surface area contributed by atoms with Gasteiger partial charge in [-0.2, -0.15) is 0 Å². The van der Waals surface area contributed by atoms with Crippen molar-refractivity contribution in [1.29, 1.82) is 0 Å². The second kappa shape index (κ2) is 15.0. The van der Waals surface area contributed by atoms with Crippen molar-refractivity contribution in [3.8, 4) is 11.1 Å². The van der Waals surface area contributed by atoms with E-state index >= 15 is 0 Å². The van der Waals surface area contributed by atoms with Crippen LogP contribution < -0.4 is 10.6 Å². The molecule has 1 saturated heterocycles. The molecule has 3 aromatic rings. The Morgan fingerprint density at radius 3 is 2.55 bits per heavy atom. The van der Waals surface area contributed by atoms with Gasteiger partial charge < -0.3 is 20.6 Å². The van der Waals surface area contributed by atoms with Crippen molar-refractivity contribution in [3.63, 3.8) is 0 Å². The fraction of sp³-hybridized carbons (Fsp3) is 0.412. The fourth-order valence-corrected chi connectivity index (χ4v) is 6.40. The lowest BCUT2D eigenvalue weighted by Crippen LogP contribution is -2.48. The number of carbonyl (C=O) groups excluding carboxylic acids is 2. The van der Waals surface area contributed by atoms with Gasteiger partial charge in [-0.15, -0.1) is 11.6 Å². The van der Waals surface area contributed by atoms with Gasteiger partial charge in [0.05, 0.1) is 5.60 Å². The molecule has 0 saturated carbocycles. The number of nitrogens with zero attached hydrogens (tertiary/aromatic N) is 1. The first-order valence-electron chi connectivity index (χ1n) is 14.8. The number of amides is 2. The van der Waals surface area contributed by atoms with Crippen molar-refractivity contribution < 1.29 is 14.7 Å². The smallest absolute Gasteiger partial charge is 0.253 e. The number of rotatable bonds is 12. The Morgan fingerprint density at radius 2 is 1.83 bits per heavy atom. The van der Waals surface area contributed by atoms with Crippen LogP contribution in [0.15, 0.2) is 66.7 Å². The summed E-state index contributed by atoms with van der Waals surface area (Å²) in [6, 6.07) is 21.6. The molecule has 1 aliphatic rings. The van der Waals surface area contributed by atoms with E-state index in [0.717, 1.165) is 48.1 Å². The molecular formula is C34H41Cl2N3O3. The number of benzene rings is 3. The highest BCUT2D eigenvalue weighted by atomic mass is 35.5. The number of nitrogens with one attached hydrogen (secondary N) is 2. The average Bonchev–Trinajstić information content (AvgIpc) is 3.03. The van der Waals surface area contributed by atoms with Gasteiger partial charge in [0.15, 0.2) is 0 Å². The quantitative estimate of drug-likeness (QED) is 0.169. The Balaban J connectivity index is 1.69. The number of piperidine rings is 1. The predicted molar refractivity (Wildman–Crippen MR) is 171 cm³/mol. The molecule has 2 amide bonds. The van der Waals surface area contributed by atoms with Crippen molar-refractivity contribution in [3.05, 3.63) is 94.0 Å². The van der Waals surface area contributed by atoms with Gasteiger partial charge >= 0.3 is 0 Å². The van der Waals surface area contributed by atoms with Crippen LogP contribution in [-0.4, -0.2) is 54.4 Å². The van der Waals surface area contributed by atoms with Crippen LogP contribution in [0.25, 0.3) is 11.1 Å². The van der Waals surface area contributed by atoms with Crippen molar-refractivity contribution in [2.24, 2.45) is 5.92 Å². The van der Waals surface area contributed by atoms with Crippen molar-refractivity contribution >= 4 is 35.0 Å². The van der Waals surface area contributed by atoms with Gasteiger partial charge in [-0.3, -0.25) is 9.59 Å². The van der Waals surface area contributed by atoms with Crippen LogP contribution in [0.4, 0.5) is 0 Å². The summed E-state index contributed by atoms with van der Waals surface area (Å²) in [4.78, 5) is 27.3. The van der Waals surface area contributed by atoms with Crippen molar-refractivity contribution in [2.45, 2.75) is 51.2 Å². The van der Waals surface area contributed by atoms with E-state index in [1.165, 1.54) is 5.56 Å². The van der Waals surface area contributed by atoms with E-state index in [9.17, 15) is 14.7 Å². The van der Waals surface area contributed by atoms with Crippen LogP contribution in [0, 0.1) is 5.92 Å². The zero-order valence-electron chi connectivity index (χ0n) is 24.5. The van der Waals surface area contributed by atoms with Gasteiger partial charge in [-0.1, -0.05) is 67.1 Å². The Hall–Kier alpha value is -2.90. The van der Waals surface area contributed by atoms with E-state index < -0.39 is 5.60 Å². The molecule has 3 aromatic carbocycles. The molecule has 224 valence electrons. The molecule has 0 bridgehead atoms. The number of aliphatic hydroxyl groups is 1. The second-order valence-corrected chi connectivity index (χ2v) is 11.7. The van der Waals surface area contributed by atoms with E-state index in [1.54, 1.807) is 0 Å². The Kier molecular flexibility index (Phi) is 11.4. The van der Waals surface area contributed by atoms with Crippen LogP contribution in [0.3, 0.4) is 0 Å². The first-order chi connectivity index (χ1) is 20.3. The molecular weight excluding hydrogens is 569 g/mol. The number of alkyl halides is 1. The van der Waals surface area contributed by atoms with E-state index in [1.807, 2.05) is 66.5 Å². The maximum atomic E-state index is 13.6. The summed E-state index contributed by atoms with van der Waals surface area (Å²) < 4.78 is 0. The minimum absolute atomic E-state index is 0.0330. The normalized spacial score (nSPS) is 16.6. The minimum Gasteiger partial charge on any atom is -0.385 e. The zero-order valence-corrected chi connectivity index (χ0v) is 26.0. The minimum atomic E-state index is -1.29. The summed E-state index contributed by atoms with van der Waals surface area (Å²) >= 11 is 12.5. The fourth-order valence-electron chi connectivity index (χ4n) is 6.02. The number of hydrogen-bond donors (Lipinski definition) is 3. The second-order valence-electron chi connectivity index (χ2n) is 11.0. The third kappa shape index (κ3) is 7.54. The summed E-state index contributed by atoms with van der Waals surface area (Å²) in [5.41, 5.74) is 4.16. The van der Waals surface area contributed by atoms with E-state index in [-0.39, 0.29) is 23.6 Å². The number of aryl methyl sites for hydroxylation is 1. The van der Waals surface area contributed by atoms with E-state index in [2.05, 4.69) is 29.7 Å². The molecule has 1 aliphatic heterocycles. The highest BCUT2D eigenvalue weighted by Crippen LogP contribution is 2.45. The molecule has 4 rings (SSSR count). The molecule has 0 radical (unpaired) electrons. The molecule has 42 heavy (non-hydrogen) atoms. The first-order valence-corrected chi connectivity index (χ1v) is 15.7. The number of likely N-dealkylation sites (tertiary alicyclic amines) is 1. The van der Waals surface area contributed by atoms with Crippen molar-refractivity contribution in [1.82, 2.24) is 15.5 Å². The standard InChI is InChI=1S/C34H41Cl2N3O3/c1-3-24-8-4-9-27(20-24)32-29(11-5-12-30(32)36)34(42,17-7-18-38-31(40)21-35)28-10-6-19-39(23-28)33(41)26-15-13-25(14-16-26)22-37-2/h4-5,8-9,11-16,20,28,37,42H,3,6-7,10,17-19,21-23H2,1-2H3,(H,38,40)/t28-,34+/m1/s1. The summed E-state index contributed by atoms with van der Waals surface area (Å²) in [5.74, 6) is -0.606. The lowest BCUT2D eigenvalue weighted by molar-refractivity contribution is -0.118. The van der Waals surface area contributed by atoms with Crippen LogP contribution >= 0.6 is 23.2 Å². The lowest BCUT2D eigenvalue weighted by Gasteiger charge is -2.44. The van der Waals surface area contributed by atoms with E-state index in [4.69, 9.17) is 23.2 Å². The number of halogens is 2. The molecule has 1 heterocycles. The zero-order chi connectivity index (χ0) is 30.1. The van der Waals surface area contributed by atoms with Gasteiger partial charge in [-0.25, -0.2) is 0 Å². The maximum absolute atomic E-state index is 13.6. The third-order valence-corrected chi connectivity index (χ3v) is 8.81. The lowest BCUT2D eigenvalue weighted by atomic mass is 9.72. The molecule has 1 fully saturated rings. The Bertz CT molecular complexity index is 1360. The largest absolute Gasteiger partial charge is 0.385 e. The van der Waals surface area contributed by atoms with Gasteiger partial charge in [0.2, 0.25) is 5.91 Å². The maximum Gasteiger partial charge on any atom is 0.253 e. The molecule has 8 heteroatoms. The average molecular weight is 611 g/mol. The van der Waals surface area contributed by atoms with Gasteiger partial charge in [0, 0.05) is 48.2 Å².